The van der Waals surface area contributed by atoms with Crippen LogP contribution < -0.4 is 0 Å². The highest BCUT2D eigenvalue weighted by Gasteiger charge is 2.25. The molecule has 0 bridgehead atoms. The van der Waals surface area contributed by atoms with E-state index in [2.05, 4.69) is 206 Å². The summed E-state index contributed by atoms with van der Waals surface area (Å²) in [6, 6.07) is 79.5. The van der Waals surface area contributed by atoms with E-state index < -0.39 is 0 Å². The summed E-state index contributed by atoms with van der Waals surface area (Å²) in [6.45, 7) is 0. The minimum absolute atomic E-state index is 0.881. The Balaban J connectivity index is 1.11. The van der Waals surface area contributed by atoms with Gasteiger partial charge in [0.05, 0.1) is 0 Å². The van der Waals surface area contributed by atoms with Crippen molar-refractivity contribution >= 4 is 97.7 Å². The number of fused-ring (bicyclic) bond motifs is 14. The zero-order valence-corrected chi connectivity index (χ0v) is 34.6. The van der Waals surface area contributed by atoms with Gasteiger partial charge in [-0.2, -0.15) is 0 Å². The van der Waals surface area contributed by atoms with Gasteiger partial charge in [0.2, 0.25) is 0 Å². The monoisotopic (exact) mass is 812 g/mol. The maximum atomic E-state index is 6.80. The van der Waals surface area contributed by atoms with Gasteiger partial charge in [-0.15, -0.1) is 0 Å². The lowest BCUT2D eigenvalue weighted by Crippen LogP contribution is -1.96. The summed E-state index contributed by atoms with van der Waals surface area (Å²) in [6.07, 6.45) is 0. The molecule has 0 saturated carbocycles. The van der Waals surface area contributed by atoms with Gasteiger partial charge in [-0.05, 0) is 123 Å². The molecule has 2 heterocycles. The van der Waals surface area contributed by atoms with Crippen LogP contribution in [0.5, 0.6) is 0 Å². The third-order valence-corrected chi connectivity index (χ3v) is 13.7. The van der Waals surface area contributed by atoms with E-state index in [1.54, 1.807) is 0 Å². The fourth-order valence-electron chi connectivity index (χ4n) is 10.9. The third-order valence-electron chi connectivity index (χ3n) is 13.7. The van der Waals surface area contributed by atoms with Crippen LogP contribution in [0.3, 0.4) is 0 Å². The van der Waals surface area contributed by atoms with Gasteiger partial charge in [-0.3, -0.25) is 0 Å². The summed E-state index contributed by atoms with van der Waals surface area (Å²) in [5.74, 6) is 0. The molecule has 0 saturated heterocycles. The Kier molecular flexibility index (Phi) is 7.43. The topological polar surface area (TPSA) is 26.3 Å². The lowest BCUT2D eigenvalue weighted by atomic mass is 9.80. The van der Waals surface area contributed by atoms with Crippen molar-refractivity contribution in [3.05, 3.63) is 218 Å². The number of rotatable bonds is 4. The van der Waals surface area contributed by atoms with Gasteiger partial charge < -0.3 is 8.83 Å². The van der Waals surface area contributed by atoms with Crippen LogP contribution in [0.25, 0.3) is 142 Å². The highest BCUT2D eigenvalue weighted by molar-refractivity contribution is 6.28. The van der Waals surface area contributed by atoms with Crippen LogP contribution in [0, 0.1) is 0 Å². The van der Waals surface area contributed by atoms with Crippen molar-refractivity contribution in [3.63, 3.8) is 0 Å². The molecule has 0 fully saturated rings. The molecule has 0 unspecified atom stereocenters. The van der Waals surface area contributed by atoms with Gasteiger partial charge >= 0.3 is 0 Å². The molecule has 0 aliphatic rings. The third kappa shape index (κ3) is 5.02. The second kappa shape index (κ2) is 13.5. The Bertz CT molecular complexity index is 4170. The van der Waals surface area contributed by atoms with Crippen LogP contribution in [-0.2, 0) is 0 Å². The first-order chi connectivity index (χ1) is 31.8. The Morgan fingerprint density at radius 1 is 0.203 bits per heavy atom. The SMILES string of the molecule is c1cc(-c2ccc3oc4ccccc4c3c2)c(-c2c3ccccc3c(-c3ccc4c5ccccc5c5ccccc5c4c3)c3ccccc23)c(-c2cccc3c2oc2ccccc23)c1. The lowest BCUT2D eigenvalue weighted by Gasteiger charge is -2.22. The first-order valence-electron chi connectivity index (χ1n) is 22.0. The van der Waals surface area contributed by atoms with Crippen LogP contribution in [0.2, 0.25) is 0 Å². The fourth-order valence-corrected chi connectivity index (χ4v) is 10.9. The average molecular weight is 813 g/mol. The zero-order chi connectivity index (χ0) is 41.9. The fraction of sp³-hybridized carbons (Fsp3) is 0. The van der Waals surface area contributed by atoms with Gasteiger partial charge in [0, 0.05) is 27.1 Å². The molecule has 296 valence electrons. The molecule has 64 heavy (non-hydrogen) atoms. The predicted octanol–water partition coefficient (Wildman–Crippen LogP) is 17.9. The van der Waals surface area contributed by atoms with E-state index in [-0.39, 0.29) is 0 Å². The van der Waals surface area contributed by atoms with E-state index in [1.165, 1.54) is 70.6 Å². The Morgan fingerprint density at radius 3 is 1.28 bits per heavy atom. The Morgan fingerprint density at radius 2 is 0.625 bits per heavy atom. The van der Waals surface area contributed by atoms with E-state index in [0.29, 0.717) is 0 Å². The van der Waals surface area contributed by atoms with Crippen molar-refractivity contribution in [2.24, 2.45) is 0 Å². The molecular weight excluding hydrogens is 777 g/mol. The van der Waals surface area contributed by atoms with E-state index in [9.17, 15) is 0 Å². The van der Waals surface area contributed by atoms with E-state index in [0.717, 1.165) is 71.7 Å². The standard InChI is InChI=1S/C62H36O2/c1-2-17-42-40(15-1)41-16-3-4-18-43(41)54-36-38(31-33-44(42)54)59-47-21-5-7-23-49(47)61(50-24-8-6-22-48(50)59)60-39(37-32-34-58-55(35-37)46-20-10-11-29-56(46)63-58)25-13-26-51(60)53-28-14-27-52-45-19-9-12-30-57(45)64-62(52)53/h1-36H. The van der Waals surface area contributed by atoms with Crippen molar-refractivity contribution in [1.29, 1.82) is 0 Å². The summed E-state index contributed by atoms with van der Waals surface area (Å²) >= 11 is 0. The lowest BCUT2D eigenvalue weighted by molar-refractivity contribution is 0.669. The second-order valence-electron chi connectivity index (χ2n) is 17.0. The van der Waals surface area contributed by atoms with Gasteiger partial charge in [-0.25, -0.2) is 0 Å². The molecule has 0 amide bonds. The second-order valence-corrected chi connectivity index (χ2v) is 17.0. The zero-order valence-electron chi connectivity index (χ0n) is 34.6. The molecule has 2 heteroatoms. The van der Waals surface area contributed by atoms with Crippen LogP contribution in [0.1, 0.15) is 0 Å². The maximum Gasteiger partial charge on any atom is 0.143 e. The van der Waals surface area contributed by atoms with Crippen LogP contribution in [-0.4, -0.2) is 0 Å². The Hall–Kier alpha value is -8.46. The van der Waals surface area contributed by atoms with Crippen molar-refractivity contribution < 1.29 is 8.83 Å². The van der Waals surface area contributed by atoms with Gasteiger partial charge in [0.25, 0.3) is 0 Å². The summed E-state index contributed by atoms with van der Waals surface area (Å²) < 4.78 is 13.2. The quantitative estimate of drug-likeness (QED) is 0.131. The number of hydrogen-bond donors (Lipinski definition) is 0. The predicted molar refractivity (Wildman–Crippen MR) is 270 cm³/mol. The minimum Gasteiger partial charge on any atom is -0.456 e. The van der Waals surface area contributed by atoms with Crippen LogP contribution in [0.4, 0.5) is 0 Å². The molecule has 0 N–H and O–H groups in total. The van der Waals surface area contributed by atoms with Crippen molar-refractivity contribution in [2.75, 3.05) is 0 Å². The molecule has 0 atom stereocenters. The van der Waals surface area contributed by atoms with Gasteiger partial charge in [-0.1, -0.05) is 188 Å². The summed E-state index contributed by atoms with van der Waals surface area (Å²) in [5.41, 5.74) is 12.8. The van der Waals surface area contributed by atoms with E-state index >= 15 is 0 Å². The maximum absolute atomic E-state index is 6.80. The molecule has 2 aromatic heterocycles. The minimum atomic E-state index is 0.881. The molecule has 14 rings (SSSR count). The Labute approximate surface area is 367 Å². The first kappa shape index (κ1) is 35.2. The number of benzene rings is 12. The molecule has 0 aliphatic heterocycles. The van der Waals surface area contributed by atoms with Crippen molar-refractivity contribution in [2.45, 2.75) is 0 Å². The van der Waals surface area contributed by atoms with Crippen LogP contribution in [0.15, 0.2) is 227 Å². The summed E-state index contributed by atoms with van der Waals surface area (Å²) in [7, 11) is 0. The molecule has 0 radical (unpaired) electrons. The van der Waals surface area contributed by atoms with E-state index in [1.807, 2.05) is 12.1 Å². The van der Waals surface area contributed by atoms with Gasteiger partial charge in [0.1, 0.15) is 22.3 Å². The number of para-hydroxylation sites is 3. The summed E-state index contributed by atoms with van der Waals surface area (Å²) in [5, 5.41) is 16.9. The molecular formula is C62H36O2. The average Bonchev–Trinajstić information content (AvgIpc) is 3.94. The normalized spacial score (nSPS) is 12.1. The molecule has 2 nitrogen and oxygen atoms in total. The molecule has 12 aromatic carbocycles. The highest BCUT2D eigenvalue weighted by atomic mass is 16.3. The molecule has 0 spiro atoms. The van der Waals surface area contributed by atoms with Crippen LogP contribution >= 0.6 is 0 Å². The van der Waals surface area contributed by atoms with Crippen molar-refractivity contribution in [1.82, 2.24) is 0 Å². The molecule has 0 aliphatic carbocycles. The largest absolute Gasteiger partial charge is 0.456 e. The van der Waals surface area contributed by atoms with E-state index in [4.69, 9.17) is 8.83 Å². The van der Waals surface area contributed by atoms with Crippen molar-refractivity contribution in [3.8, 4) is 44.5 Å². The summed E-state index contributed by atoms with van der Waals surface area (Å²) in [4.78, 5) is 0. The first-order valence-corrected chi connectivity index (χ1v) is 22.0. The molecule has 14 aromatic rings. The number of furan rings is 2. The smallest absolute Gasteiger partial charge is 0.143 e. The highest BCUT2D eigenvalue weighted by Crippen LogP contribution is 2.51. The number of hydrogen-bond acceptors (Lipinski definition) is 2. The van der Waals surface area contributed by atoms with Gasteiger partial charge in [0.15, 0.2) is 0 Å².